The summed E-state index contributed by atoms with van der Waals surface area (Å²) >= 11 is 0. The maximum absolute atomic E-state index is 12.5. The van der Waals surface area contributed by atoms with Crippen molar-refractivity contribution in [2.24, 2.45) is 0 Å². The Morgan fingerprint density at radius 2 is 1.83 bits per heavy atom. The van der Waals surface area contributed by atoms with Gasteiger partial charge < -0.3 is 15.0 Å². The molecule has 8 heteroatoms. The van der Waals surface area contributed by atoms with E-state index in [9.17, 15) is 9.59 Å². The number of nitrogens with zero attached hydrogens (tertiary/aromatic N) is 4. The zero-order valence-electron chi connectivity index (χ0n) is 17.0. The van der Waals surface area contributed by atoms with Crippen LogP contribution in [0, 0.1) is 0 Å². The van der Waals surface area contributed by atoms with E-state index in [2.05, 4.69) is 10.3 Å². The predicted octanol–water partition coefficient (Wildman–Crippen LogP) is 3.91. The van der Waals surface area contributed by atoms with Gasteiger partial charge in [-0.2, -0.15) is 0 Å². The highest BCUT2D eigenvalue weighted by Gasteiger charge is 2.18. The van der Waals surface area contributed by atoms with Gasteiger partial charge in [0.2, 0.25) is 0 Å². The summed E-state index contributed by atoms with van der Waals surface area (Å²) in [4.78, 5) is 31.9. The largest absolute Gasteiger partial charge is 0.457 e. The number of hydrogen-bond acceptors (Lipinski definition) is 4. The fraction of sp³-hybridized carbons (Fsp3) is 0.286. The fourth-order valence-corrected chi connectivity index (χ4v) is 3.07. The second kappa shape index (κ2) is 8.64. The van der Waals surface area contributed by atoms with Crippen molar-refractivity contribution in [1.29, 1.82) is 0 Å². The molecule has 0 radical (unpaired) electrons. The van der Waals surface area contributed by atoms with Crippen LogP contribution in [0.1, 0.15) is 13.8 Å². The van der Waals surface area contributed by atoms with Gasteiger partial charge >= 0.3 is 12.1 Å². The normalized spacial score (nSPS) is 10.6. The lowest BCUT2D eigenvalue weighted by Crippen LogP contribution is -2.41. The Labute approximate surface area is 169 Å². The molecule has 152 valence electrons. The minimum absolute atomic E-state index is 0.114. The van der Waals surface area contributed by atoms with Crippen molar-refractivity contribution in [2.45, 2.75) is 13.8 Å². The van der Waals surface area contributed by atoms with Gasteiger partial charge in [0.1, 0.15) is 17.3 Å². The molecule has 1 aromatic carbocycles. The molecule has 2 aromatic heterocycles. The predicted molar refractivity (Wildman–Crippen MR) is 113 cm³/mol. The van der Waals surface area contributed by atoms with E-state index < -0.39 is 0 Å². The zero-order valence-corrected chi connectivity index (χ0v) is 17.0. The first-order valence-corrected chi connectivity index (χ1v) is 9.48. The number of carbonyl (C=O) groups excluding carboxylic acids is 2. The van der Waals surface area contributed by atoms with Crippen LogP contribution >= 0.6 is 0 Å². The molecule has 3 rings (SSSR count). The smallest absolute Gasteiger partial charge is 0.325 e. The Hall–Kier alpha value is -3.55. The van der Waals surface area contributed by atoms with Crippen LogP contribution in [0.3, 0.4) is 0 Å². The molecule has 0 unspecified atom stereocenters. The van der Waals surface area contributed by atoms with E-state index >= 15 is 0 Å². The van der Waals surface area contributed by atoms with Crippen molar-refractivity contribution in [1.82, 2.24) is 19.8 Å². The summed E-state index contributed by atoms with van der Waals surface area (Å²) in [6.45, 7) is 5.14. The number of hydrogen-bond donors (Lipinski definition) is 1. The van der Waals surface area contributed by atoms with E-state index in [1.54, 1.807) is 49.6 Å². The molecule has 0 atom stereocenters. The standard InChI is InChI=1S/C21H25N5O3/c1-5-25(6-2)21(28)24(4)19-14-17(9-11-23-19)29-16-7-8-18-15(13-16)10-12-26(18)20(27)22-3/h7-14H,5-6H2,1-4H3,(H,22,27). The maximum atomic E-state index is 12.5. The molecule has 3 amide bonds. The highest BCUT2D eigenvalue weighted by atomic mass is 16.5. The van der Waals surface area contributed by atoms with Crippen LogP contribution in [0.2, 0.25) is 0 Å². The number of urea groups is 1. The molecule has 29 heavy (non-hydrogen) atoms. The van der Waals surface area contributed by atoms with Gasteiger partial charge in [0, 0.05) is 51.0 Å². The number of rotatable bonds is 5. The number of carbonyl (C=O) groups is 2. The van der Waals surface area contributed by atoms with Gasteiger partial charge in [0.15, 0.2) is 0 Å². The van der Waals surface area contributed by atoms with Crippen molar-refractivity contribution in [3.8, 4) is 11.5 Å². The van der Waals surface area contributed by atoms with Crippen molar-refractivity contribution >= 4 is 28.8 Å². The van der Waals surface area contributed by atoms with Crippen LogP contribution in [0.5, 0.6) is 11.5 Å². The van der Waals surface area contributed by atoms with Gasteiger partial charge in [-0.25, -0.2) is 14.6 Å². The monoisotopic (exact) mass is 395 g/mol. The number of fused-ring (bicyclic) bond motifs is 1. The third-order valence-corrected chi connectivity index (χ3v) is 4.71. The Bertz CT molecular complexity index is 1030. The molecule has 2 heterocycles. The Balaban J connectivity index is 1.81. The molecule has 0 spiro atoms. The molecule has 0 saturated carbocycles. The summed E-state index contributed by atoms with van der Waals surface area (Å²) in [5.74, 6) is 1.70. The highest BCUT2D eigenvalue weighted by Crippen LogP contribution is 2.28. The van der Waals surface area contributed by atoms with E-state index in [0.717, 1.165) is 10.9 Å². The average molecular weight is 395 g/mol. The molecule has 0 saturated heterocycles. The Morgan fingerprint density at radius 3 is 2.52 bits per heavy atom. The van der Waals surface area contributed by atoms with Crippen LogP contribution < -0.4 is 15.0 Å². The summed E-state index contributed by atoms with van der Waals surface area (Å²) in [5.41, 5.74) is 0.789. The van der Waals surface area contributed by atoms with Crippen LogP contribution in [-0.2, 0) is 0 Å². The molecule has 1 N–H and O–H groups in total. The van der Waals surface area contributed by atoms with Crippen molar-refractivity contribution < 1.29 is 14.3 Å². The average Bonchev–Trinajstić information content (AvgIpc) is 3.17. The van der Waals surface area contributed by atoms with Crippen LogP contribution in [0.15, 0.2) is 48.8 Å². The van der Waals surface area contributed by atoms with E-state index in [4.69, 9.17) is 4.74 Å². The van der Waals surface area contributed by atoms with E-state index in [1.165, 1.54) is 9.47 Å². The number of anilines is 1. The number of pyridine rings is 1. The lowest BCUT2D eigenvalue weighted by atomic mass is 10.2. The fourth-order valence-electron chi connectivity index (χ4n) is 3.07. The first kappa shape index (κ1) is 20.2. The maximum Gasteiger partial charge on any atom is 0.325 e. The Kier molecular flexibility index (Phi) is 6.01. The van der Waals surface area contributed by atoms with E-state index in [1.807, 2.05) is 32.0 Å². The first-order chi connectivity index (χ1) is 14.0. The first-order valence-electron chi connectivity index (χ1n) is 9.48. The van der Waals surface area contributed by atoms with Crippen LogP contribution in [0.25, 0.3) is 10.9 Å². The summed E-state index contributed by atoms with van der Waals surface area (Å²) in [7, 11) is 3.29. The second-order valence-electron chi connectivity index (χ2n) is 6.43. The van der Waals surface area contributed by atoms with Crippen molar-refractivity contribution in [3.63, 3.8) is 0 Å². The van der Waals surface area contributed by atoms with Crippen LogP contribution in [-0.4, -0.2) is 53.7 Å². The zero-order chi connectivity index (χ0) is 21.0. The van der Waals surface area contributed by atoms with Crippen molar-refractivity contribution in [3.05, 3.63) is 48.8 Å². The van der Waals surface area contributed by atoms with E-state index in [0.29, 0.717) is 30.4 Å². The highest BCUT2D eigenvalue weighted by molar-refractivity contribution is 5.92. The number of benzene rings is 1. The lowest BCUT2D eigenvalue weighted by Gasteiger charge is -2.25. The molecule has 0 aliphatic carbocycles. The van der Waals surface area contributed by atoms with Gasteiger partial charge in [-0.05, 0) is 44.2 Å². The molecule has 3 aromatic rings. The number of amides is 3. The molecular formula is C21H25N5O3. The molecular weight excluding hydrogens is 370 g/mol. The molecule has 0 aliphatic rings. The third-order valence-electron chi connectivity index (χ3n) is 4.71. The molecule has 0 bridgehead atoms. The molecule has 0 fully saturated rings. The van der Waals surface area contributed by atoms with Gasteiger partial charge in [-0.1, -0.05) is 0 Å². The van der Waals surface area contributed by atoms with Crippen LogP contribution in [0.4, 0.5) is 15.4 Å². The van der Waals surface area contributed by atoms with E-state index in [-0.39, 0.29) is 12.1 Å². The van der Waals surface area contributed by atoms with Gasteiger partial charge in [0.05, 0.1) is 5.52 Å². The third kappa shape index (κ3) is 4.16. The van der Waals surface area contributed by atoms with Gasteiger partial charge in [-0.3, -0.25) is 9.47 Å². The lowest BCUT2D eigenvalue weighted by molar-refractivity contribution is 0.211. The molecule has 8 nitrogen and oxygen atoms in total. The number of nitrogens with one attached hydrogen (secondary N) is 1. The molecule has 0 aliphatic heterocycles. The quantitative estimate of drug-likeness (QED) is 0.710. The minimum atomic E-state index is -0.201. The summed E-state index contributed by atoms with van der Waals surface area (Å²) in [6, 6.07) is 10.5. The summed E-state index contributed by atoms with van der Waals surface area (Å²) in [6.07, 6.45) is 3.32. The summed E-state index contributed by atoms with van der Waals surface area (Å²) < 4.78 is 7.50. The number of ether oxygens (including phenoxy) is 1. The van der Waals surface area contributed by atoms with Gasteiger partial charge in [-0.15, -0.1) is 0 Å². The SMILES string of the molecule is CCN(CC)C(=O)N(C)c1cc(Oc2ccc3c(ccn3C(=O)NC)c2)ccn1. The second-order valence-corrected chi connectivity index (χ2v) is 6.43. The summed E-state index contributed by atoms with van der Waals surface area (Å²) in [5, 5.41) is 3.49. The van der Waals surface area contributed by atoms with Crippen molar-refractivity contribution in [2.75, 3.05) is 32.1 Å². The minimum Gasteiger partial charge on any atom is -0.457 e. The van der Waals surface area contributed by atoms with Gasteiger partial charge in [0.25, 0.3) is 0 Å². The topological polar surface area (TPSA) is 79.7 Å². The Morgan fingerprint density at radius 1 is 1.10 bits per heavy atom. The number of aromatic nitrogens is 2.